The molecule has 0 radical (unpaired) electrons. The molecule has 0 spiro atoms. The highest BCUT2D eigenvalue weighted by Gasteiger charge is 2.34. The summed E-state index contributed by atoms with van der Waals surface area (Å²) in [4.78, 5) is 23.7. The van der Waals surface area contributed by atoms with Gasteiger partial charge in [-0.25, -0.2) is 8.42 Å². The van der Waals surface area contributed by atoms with Gasteiger partial charge in [-0.2, -0.15) is 5.10 Å². The molecule has 2 amide bonds. The molecule has 0 fully saturated rings. The van der Waals surface area contributed by atoms with Gasteiger partial charge in [0, 0.05) is 19.2 Å². The number of hydrazone groups is 1. The minimum atomic E-state index is -3.16. The van der Waals surface area contributed by atoms with Crippen LogP contribution in [0, 0.1) is 0 Å². The zero-order chi connectivity index (χ0) is 17.0. The van der Waals surface area contributed by atoms with Crippen molar-refractivity contribution in [3.05, 3.63) is 30.3 Å². The molecule has 1 heterocycles. The van der Waals surface area contributed by atoms with Gasteiger partial charge in [-0.3, -0.25) is 14.6 Å². The Morgan fingerprint density at radius 3 is 2.57 bits per heavy atom. The van der Waals surface area contributed by atoms with Gasteiger partial charge in [-0.05, 0) is 12.1 Å². The van der Waals surface area contributed by atoms with Gasteiger partial charge in [0.05, 0.1) is 11.4 Å². The molecule has 1 unspecified atom stereocenters. The zero-order valence-electron chi connectivity index (χ0n) is 12.6. The highest BCUT2D eigenvalue weighted by Crippen LogP contribution is 2.24. The average Bonchev–Trinajstić information content (AvgIpc) is 2.92. The summed E-state index contributed by atoms with van der Waals surface area (Å²) in [7, 11) is -3.16. The van der Waals surface area contributed by atoms with E-state index < -0.39 is 27.7 Å². The number of para-hydroxylation sites is 1. The Balaban J connectivity index is 2.10. The van der Waals surface area contributed by atoms with E-state index in [9.17, 15) is 18.0 Å². The van der Waals surface area contributed by atoms with Gasteiger partial charge in [0.2, 0.25) is 5.91 Å². The van der Waals surface area contributed by atoms with E-state index in [1.807, 2.05) is 6.07 Å². The fourth-order valence-corrected chi connectivity index (χ4v) is 2.61. The lowest BCUT2D eigenvalue weighted by Crippen LogP contribution is -2.40. The number of nitrogens with zero attached hydrogens (tertiary/aromatic N) is 2. The Labute approximate surface area is 134 Å². The molecule has 0 aromatic heterocycles. The quantitative estimate of drug-likeness (QED) is 0.708. The van der Waals surface area contributed by atoms with E-state index in [1.165, 1.54) is 5.01 Å². The van der Waals surface area contributed by atoms with Crippen LogP contribution in [0.3, 0.4) is 0 Å². The number of carbonyl (C=O) groups excluding carboxylic acids is 2. The second kappa shape index (κ2) is 6.78. The third-order valence-electron chi connectivity index (χ3n) is 3.28. The van der Waals surface area contributed by atoms with Crippen LogP contribution in [0.5, 0.6) is 0 Å². The third kappa shape index (κ3) is 4.52. The number of nitrogens with one attached hydrogen (secondary N) is 1. The smallest absolute Gasteiger partial charge is 0.267 e. The van der Waals surface area contributed by atoms with Crippen LogP contribution < -0.4 is 16.1 Å². The first kappa shape index (κ1) is 16.9. The summed E-state index contributed by atoms with van der Waals surface area (Å²) in [6, 6.07) is 8.16. The second-order valence-electron chi connectivity index (χ2n) is 5.23. The van der Waals surface area contributed by atoms with Crippen molar-refractivity contribution in [1.82, 2.24) is 5.32 Å². The number of hydrogen-bond donors (Lipinski definition) is 2. The highest BCUT2D eigenvalue weighted by atomic mass is 32.2. The Bertz CT molecular complexity index is 730. The molecule has 0 saturated heterocycles. The van der Waals surface area contributed by atoms with Crippen LogP contribution in [-0.2, 0) is 19.4 Å². The molecule has 8 nitrogen and oxygen atoms in total. The number of amides is 2. The Hall–Kier alpha value is -2.42. The van der Waals surface area contributed by atoms with Crippen molar-refractivity contribution in [2.75, 3.05) is 23.6 Å². The Morgan fingerprint density at radius 1 is 1.35 bits per heavy atom. The van der Waals surface area contributed by atoms with Gasteiger partial charge < -0.3 is 11.1 Å². The number of anilines is 1. The maximum atomic E-state index is 12.1. The monoisotopic (exact) mass is 338 g/mol. The van der Waals surface area contributed by atoms with E-state index in [-0.39, 0.29) is 24.4 Å². The maximum Gasteiger partial charge on any atom is 0.267 e. The summed E-state index contributed by atoms with van der Waals surface area (Å²) in [6.45, 7) is -0.0107. The average molecular weight is 338 g/mol. The van der Waals surface area contributed by atoms with Crippen LogP contribution in [0.1, 0.15) is 6.42 Å². The van der Waals surface area contributed by atoms with Gasteiger partial charge >= 0.3 is 0 Å². The molecular weight excluding hydrogens is 320 g/mol. The molecule has 1 aliphatic heterocycles. The standard InChI is InChI=1S/C14H18N4O4S/c1-23(21,22)8-7-16-14(20)11-9-12(13(15)19)18(17-11)10-5-3-2-4-6-10/h2-6,12H,7-9H2,1H3,(H2,15,19)(H,16,20). The molecule has 1 aromatic rings. The summed E-state index contributed by atoms with van der Waals surface area (Å²) in [5.74, 6) is -1.25. The van der Waals surface area contributed by atoms with E-state index in [4.69, 9.17) is 5.73 Å². The predicted octanol–water partition coefficient (Wildman–Crippen LogP) is -0.733. The first-order chi connectivity index (χ1) is 10.8. The summed E-state index contributed by atoms with van der Waals surface area (Å²) >= 11 is 0. The number of benzene rings is 1. The van der Waals surface area contributed by atoms with Crippen LogP contribution in [0.2, 0.25) is 0 Å². The molecule has 0 aliphatic carbocycles. The van der Waals surface area contributed by atoms with Crippen LogP contribution >= 0.6 is 0 Å². The minimum absolute atomic E-state index is 0.0107. The summed E-state index contributed by atoms with van der Waals surface area (Å²) in [6.07, 6.45) is 1.17. The number of nitrogens with two attached hydrogens (primary N) is 1. The van der Waals surface area contributed by atoms with E-state index in [0.29, 0.717) is 5.69 Å². The third-order valence-corrected chi connectivity index (χ3v) is 4.23. The van der Waals surface area contributed by atoms with E-state index >= 15 is 0 Å². The lowest BCUT2D eigenvalue weighted by Gasteiger charge is -2.20. The summed E-state index contributed by atoms with van der Waals surface area (Å²) in [5, 5.41) is 8.06. The van der Waals surface area contributed by atoms with Gasteiger partial charge in [0.15, 0.2) is 0 Å². The molecule has 1 atom stereocenters. The van der Waals surface area contributed by atoms with Gasteiger partial charge in [-0.15, -0.1) is 0 Å². The normalized spacial score (nSPS) is 17.7. The van der Waals surface area contributed by atoms with E-state index in [2.05, 4.69) is 10.4 Å². The number of hydrogen-bond acceptors (Lipinski definition) is 6. The first-order valence-corrected chi connectivity index (χ1v) is 9.01. The minimum Gasteiger partial charge on any atom is -0.368 e. The maximum absolute atomic E-state index is 12.1. The Kier molecular flexibility index (Phi) is 4.99. The van der Waals surface area contributed by atoms with Crippen molar-refractivity contribution in [1.29, 1.82) is 0 Å². The van der Waals surface area contributed by atoms with Crippen molar-refractivity contribution in [2.45, 2.75) is 12.5 Å². The molecule has 3 N–H and O–H groups in total. The van der Waals surface area contributed by atoms with Crippen molar-refractivity contribution >= 4 is 33.1 Å². The summed E-state index contributed by atoms with van der Waals surface area (Å²) < 4.78 is 22.1. The van der Waals surface area contributed by atoms with Crippen LogP contribution in [0.4, 0.5) is 5.69 Å². The molecule has 2 rings (SSSR count). The van der Waals surface area contributed by atoms with Crippen LogP contribution in [-0.4, -0.2) is 50.5 Å². The molecule has 1 aliphatic rings. The largest absolute Gasteiger partial charge is 0.368 e. The van der Waals surface area contributed by atoms with Crippen molar-refractivity contribution in [3.63, 3.8) is 0 Å². The van der Waals surface area contributed by atoms with Crippen molar-refractivity contribution < 1.29 is 18.0 Å². The molecule has 9 heteroatoms. The molecule has 0 saturated carbocycles. The number of primary amides is 1. The SMILES string of the molecule is CS(=O)(=O)CCNC(=O)C1=NN(c2ccccc2)C(C(N)=O)C1. The molecule has 124 valence electrons. The predicted molar refractivity (Wildman–Crippen MR) is 86.7 cm³/mol. The molecule has 1 aromatic carbocycles. The second-order valence-corrected chi connectivity index (χ2v) is 7.49. The first-order valence-electron chi connectivity index (χ1n) is 6.95. The van der Waals surface area contributed by atoms with Gasteiger partial charge in [0.1, 0.15) is 21.6 Å². The van der Waals surface area contributed by atoms with Crippen molar-refractivity contribution in [3.8, 4) is 0 Å². The van der Waals surface area contributed by atoms with E-state index in [0.717, 1.165) is 6.26 Å². The lowest BCUT2D eigenvalue weighted by molar-refractivity contribution is -0.119. The molecule has 23 heavy (non-hydrogen) atoms. The highest BCUT2D eigenvalue weighted by molar-refractivity contribution is 7.90. The molecule has 0 bridgehead atoms. The lowest BCUT2D eigenvalue weighted by atomic mass is 10.1. The number of rotatable bonds is 6. The van der Waals surface area contributed by atoms with E-state index in [1.54, 1.807) is 24.3 Å². The van der Waals surface area contributed by atoms with Crippen LogP contribution in [0.15, 0.2) is 35.4 Å². The summed E-state index contributed by atoms with van der Waals surface area (Å²) in [5.41, 5.74) is 6.17. The fraction of sp³-hybridized carbons (Fsp3) is 0.357. The van der Waals surface area contributed by atoms with Crippen LogP contribution in [0.25, 0.3) is 0 Å². The number of carbonyl (C=O) groups is 2. The Morgan fingerprint density at radius 2 is 2.00 bits per heavy atom. The topological polar surface area (TPSA) is 122 Å². The van der Waals surface area contributed by atoms with Crippen molar-refractivity contribution in [2.24, 2.45) is 10.8 Å². The fourth-order valence-electron chi connectivity index (χ4n) is 2.14. The van der Waals surface area contributed by atoms with Gasteiger partial charge in [-0.1, -0.05) is 18.2 Å². The van der Waals surface area contributed by atoms with Gasteiger partial charge in [0.25, 0.3) is 5.91 Å². The number of sulfone groups is 1. The molecular formula is C14H18N4O4S. The zero-order valence-corrected chi connectivity index (χ0v) is 13.4.